The molecule has 1 atom stereocenters. The Morgan fingerprint density at radius 2 is 2.41 bits per heavy atom. The summed E-state index contributed by atoms with van der Waals surface area (Å²) < 4.78 is 1.83. The second kappa shape index (κ2) is 5.27. The second-order valence-corrected chi connectivity index (χ2v) is 4.28. The largest absolute Gasteiger partial charge is 0.334 e. The van der Waals surface area contributed by atoms with E-state index in [-0.39, 0.29) is 11.9 Å². The maximum Gasteiger partial charge on any atom is 0.239 e. The number of aryl methyl sites for hydroxylation is 1. The fourth-order valence-electron chi connectivity index (χ4n) is 2.06. The summed E-state index contributed by atoms with van der Waals surface area (Å²) in [7, 11) is 0. The van der Waals surface area contributed by atoms with Crippen molar-refractivity contribution in [2.24, 2.45) is 0 Å². The van der Waals surface area contributed by atoms with Crippen LogP contribution in [0.1, 0.15) is 26.1 Å². The van der Waals surface area contributed by atoms with Gasteiger partial charge in [0.15, 0.2) is 0 Å². The summed E-state index contributed by atoms with van der Waals surface area (Å²) in [5.74, 6) is 1.00. The van der Waals surface area contributed by atoms with Crippen LogP contribution in [0.25, 0.3) is 0 Å². The van der Waals surface area contributed by atoms with Gasteiger partial charge in [-0.2, -0.15) is 5.10 Å². The van der Waals surface area contributed by atoms with Gasteiger partial charge >= 0.3 is 0 Å². The molecule has 0 radical (unpaired) electrons. The molecule has 1 aromatic heterocycles. The monoisotopic (exact) mass is 237 g/mol. The Bertz CT molecular complexity index is 389. The lowest BCUT2D eigenvalue weighted by Crippen LogP contribution is -2.41. The smallest absolute Gasteiger partial charge is 0.239 e. The van der Waals surface area contributed by atoms with Crippen molar-refractivity contribution in [1.82, 2.24) is 25.0 Å². The summed E-state index contributed by atoms with van der Waals surface area (Å²) in [4.78, 5) is 18.1. The molecule has 1 unspecified atom stereocenters. The first-order chi connectivity index (χ1) is 8.22. The Labute approximate surface area is 101 Å². The van der Waals surface area contributed by atoms with Crippen molar-refractivity contribution < 1.29 is 4.79 Å². The highest BCUT2D eigenvalue weighted by Gasteiger charge is 2.24. The first kappa shape index (κ1) is 12.0. The SMILES string of the molecule is CCn1ncnc1CN1CCCNC(C)C1=O. The van der Waals surface area contributed by atoms with E-state index in [1.165, 1.54) is 0 Å². The summed E-state index contributed by atoms with van der Waals surface area (Å²) in [6, 6.07) is -0.101. The normalized spacial score (nSPS) is 21.6. The molecule has 94 valence electrons. The lowest BCUT2D eigenvalue weighted by Gasteiger charge is -2.22. The number of rotatable bonds is 3. The van der Waals surface area contributed by atoms with Gasteiger partial charge in [-0.25, -0.2) is 9.67 Å². The van der Waals surface area contributed by atoms with Crippen LogP contribution >= 0.6 is 0 Å². The Hall–Kier alpha value is -1.43. The van der Waals surface area contributed by atoms with Crippen molar-refractivity contribution in [3.8, 4) is 0 Å². The molecule has 2 heterocycles. The van der Waals surface area contributed by atoms with E-state index in [4.69, 9.17) is 0 Å². The van der Waals surface area contributed by atoms with Crippen LogP contribution < -0.4 is 5.32 Å². The lowest BCUT2D eigenvalue weighted by molar-refractivity contribution is -0.132. The van der Waals surface area contributed by atoms with Crippen LogP contribution in [-0.2, 0) is 17.9 Å². The molecule has 0 spiro atoms. The van der Waals surface area contributed by atoms with Gasteiger partial charge in [-0.3, -0.25) is 4.79 Å². The standard InChI is InChI=1S/C11H19N5O/c1-3-16-10(13-8-14-16)7-15-6-4-5-12-9(2)11(15)17/h8-9,12H,3-7H2,1-2H3. The molecule has 1 fully saturated rings. The molecule has 2 rings (SSSR count). The predicted octanol–water partition coefficient (Wildman–Crippen LogP) is 0.00840. The summed E-state index contributed by atoms with van der Waals surface area (Å²) in [6.07, 6.45) is 2.53. The van der Waals surface area contributed by atoms with E-state index in [9.17, 15) is 4.79 Å². The van der Waals surface area contributed by atoms with Crippen molar-refractivity contribution >= 4 is 5.91 Å². The Balaban J connectivity index is 2.08. The van der Waals surface area contributed by atoms with Crippen molar-refractivity contribution in [1.29, 1.82) is 0 Å². The first-order valence-corrected chi connectivity index (χ1v) is 6.11. The Kier molecular flexibility index (Phi) is 3.73. The number of hydrogen-bond donors (Lipinski definition) is 1. The number of aromatic nitrogens is 3. The average molecular weight is 237 g/mol. The summed E-state index contributed by atoms with van der Waals surface area (Å²) in [6.45, 7) is 6.94. The van der Waals surface area contributed by atoms with Gasteiger partial charge in [0.25, 0.3) is 0 Å². The zero-order valence-electron chi connectivity index (χ0n) is 10.4. The molecule has 1 saturated heterocycles. The van der Waals surface area contributed by atoms with Gasteiger partial charge in [-0.15, -0.1) is 0 Å². The number of hydrogen-bond acceptors (Lipinski definition) is 4. The number of nitrogens with one attached hydrogen (secondary N) is 1. The molecule has 0 aliphatic carbocycles. The van der Waals surface area contributed by atoms with Gasteiger partial charge in [0.2, 0.25) is 5.91 Å². The van der Waals surface area contributed by atoms with Crippen molar-refractivity contribution in [2.45, 2.75) is 39.4 Å². The van der Waals surface area contributed by atoms with Gasteiger partial charge in [0.05, 0.1) is 12.6 Å². The molecule has 0 bridgehead atoms. The Morgan fingerprint density at radius 1 is 1.59 bits per heavy atom. The topological polar surface area (TPSA) is 63.1 Å². The number of carbonyl (C=O) groups excluding carboxylic acids is 1. The van der Waals surface area contributed by atoms with Gasteiger partial charge in [-0.1, -0.05) is 0 Å². The van der Waals surface area contributed by atoms with Crippen molar-refractivity contribution in [3.05, 3.63) is 12.2 Å². The maximum atomic E-state index is 12.1. The van der Waals surface area contributed by atoms with Crippen LogP contribution in [0, 0.1) is 0 Å². The fourth-order valence-corrected chi connectivity index (χ4v) is 2.06. The van der Waals surface area contributed by atoms with Gasteiger partial charge in [0.1, 0.15) is 12.2 Å². The molecule has 17 heavy (non-hydrogen) atoms. The van der Waals surface area contributed by atoms with Gasteiger partial charge in [-0.05, 0) is 26.8 Å². The number of amides is 1. The highest BCUT2D eigenvalue weighted by atomic mass is 16.2. The molecule has 1 N–H and O–H groups in total. The predicted molar refractivity (Wildman–Crippen MR) is 63.2 cm³/mol. The van der Waals surface area contributed by atoms with Crippen LogP contribution in [0.3, 0.4) is 0 Å². The quantitative estimate of drug-likeness (QED) is 0.804. The van der Waals surface area contributed by atoms with Crippen LogP contribution in [0.2, 0.25) is 0 Å². The van der Waals surface area contributed by atoms with Crippen LogP contribution in [0.15, 0.2) is 6.33 Å². The molecule has 6 heteroatoms. The molecule has 1 aliphatic rings. The minimum Gasteiger partial charge on any atom is -0.334 e. The fraction of sp³-hybridized carbons (Fsp3) is 0.727. The van der Waals surface area contributed by atoms with Crippen LogP contribution in [-0.4, -0.2) is 44.7 Å². The molecular weight excluding hydrogens is 218 g/mol. The van der Waals surface area contributed by atoms with E-state index < -0.39 is 0 Å². The van der Waals surface area contributed by atoms with Gasteiger partial charge < -0.3 is 10.2 Å². The van der Waals surface area contributed by atoms with Crippen molar-refractivity contribution in [3.63, 3.8) is 0 Å². The highest BCUT2D eigenvalue weighted by molar-refractivity contribution is 5.81. The third kappa shape index (κ3) is 2.63. The zero-order chi connectivity index (χ0) is 12.3. The number of carbonyl (C=O) groups is 1. The summed E-state index contributed by atoms with van der Waals surface area (Å²) in [5.41, 5.74) is 0. The third-order valence-corrected chi connectivity index (χ3v) is 3.06. The van der Waals surface area contributed by atoms with E-state index in [1.54, 1.807) is 6.33 Å². The number of nitrogens with zero attached hydrogens (tertiary/aromatic N) is 4. The summed E-state index contributed by atoms with van der Waals surface area (Å²) >= 11 is 0. The molecule has 1 amide bonds. The molecule has 0 saturated carbocycles. The molecule has 6 nitrogen and oxygen atoms in total. The first-order valence-electron chi connectivity index (χ1n) is 6.11. The molecule has 0 aromatic carbocycles. The van der Waals surface area contributed by atoms with E-state index in [2.05, 4.69) is 15.4 Å². The van der Waals surface area contributed by atoms with E-state index in [0.717, 1.165) is 31.9 Å². The summed E-state index contributed by atoms with van der Waals surface area (Å²) in [5, 5.41) is 7.32. The molecule has 1 aliphatic heterocycles. The molecule has 1 aromatic rings. The van der Waals surface area contributed by atoms with Crippen LogP contribution in [0.4, 0.5) is 0 Å². The maximum absolute atomic E-state index is 12.1. The van der Waals surface area contributed by atoms with E-state index in [1.807, 2.05) is 23.4 Å². The minimum atomic E-state index is -0.101. The lowest BCUT2D eigenvalue weighted by atomic mass is 10.3. The van der Waals surface area contributed by atoms with Crippen LogP contribution in [0.5, 0.6) is 0 Å². The Morgan fingerprint density at radius 3 is 3.18 bits per heavy atom. The van der Waals surface area contributed by atoms with E-state index in [0.29, 0.717) is 6.54 Å². The van der Waals surface area contributed by atoms with E-state index >= 15 is 0 Å². The third-order valence-electron chi connectivity index (χ3n) is 3.06. The minimum absolute atomic E-state index is 0.101. The molecular formula is C11H19N5O. The van der Waals surface area contributed by atoms with Crippen molar-refractivity contribution in [2.75, 3.05) is 13.1 Å². The second-order valence-electron chi connectivity index (χ2n) is 4.28. The van der Waals surface area contributed by atoms with Gasteiger partial charge in [0, 0.05) is 13.1 Å². The zero-order valence-corrected chi connectivity index (χ0v) is 10.4. The average Bonchev–Trinajstić information content (AvgIpc) is 2.72. The highest BCUT2D eigenvalue weighted by Crippen LogP contribution is 2.07.